The van der Waals surface area contributed by atoms with E-state index in [9.17, 15) is 13.2 Å². The third kappa shape index (κ3) is 7.10. The number of hydrogen-bond acceptors (Lipinski definition) is 7. The number of fused-ring (bicyclic) bond motifs is 1. The van der Waals surface area contributed by atoms with E-state index < -0.39 is 24.2 Å². The van der Waals surface area contributed by atoms with E-state index in [2.05, 4.69) is 46.5 Å². The fourth-order valence-electron chi connectivity index (χ4n) is 5.84. The average molecular weight is 669 g/mol. The van der Waals surface area contributed by atoms with Gasteiger partial charge in [0.15, 0.2) is 17.3 Å². The van der Waals surface area contributed by atoms with Crippen molar-refractivity contribution in [3.63, 3.8) is 0 Å². The smallest absolute Gasteiger partial charge is 0.276 e. The van der Waals surface area contributed by atoms with Gasteiger partial charge in [-0.05, 0) is 61.2 Å². The molecule has 0 spiro atoms. The predicted octanol–water partition coefficient (Wildman–Crippen LogP) is 7.64. The Morgan fingerprint density at radius 2 is 1.51 bits per heavy atom. The van der Waals surface area contributed by atoms with E-state index in [4.69, 9.17) is 37.6 Å². The third-order valence-corrected chi connectivity index (χ3v) is 16.1. The first-order valence-corrected chi connectivity index (χ1v) is 19.1. The number of benzene rings is 1. The van der Waals surface area contributed by atoms with Crippen molar-refractivity contribution >= 4 is 64.3 Å². The number of aryl methyl sites for hydroxylation is 1. The van der Waals surface area contributed by atoms with Gasteiger partial charge in [-0.3, -0.25) is 9.10 Å². The number of anilines is 1. The number of nitrogens with zero attached hydrogens (tertiary/aromatic N) is 5. The van der Waals surface area contributed by atoms with E-state index in [1.54, 1.807) is 43.1 Å². The van der Waals surface area contributed by atoms with Gasteiger partial charge in [0, 0.05) is 36.4 Å². The van der Waals surface area contributed by atoms with E-state index in [0.29, 0.717) is 27.8 Å². The second-order valence-corrected chi connectivity index (χ2v) is 20.2. The van der Waals surface area contributed by atoms with Crippen LogP contribution in [0.3, 0.4) is 0 Å². The summed E-state index contributed by atoms with van der Waals surface area (Å²) < 4.78 is 34.3. The molecule has 9 nitrogen and oxygen atoms in total. The molecule has 3 rings (SSSR count). The summed E-state index contributed by atoms with van der Waals surface area (Å²) in [6, 6.07) is 5.14. The number of amides is 1. The molecule has 2 heterocycles. The maximum atomic E-state index is 14.5. The third-order valence-electron chi connectivity index (χ3n) is 7.99. The molecule has 0 saturated heterocycles. The fourth-order valence-corrected chi connectivity index (χ4v) is 12.4. The van der Waals surface area contributed by atoms with Crippen LogP contribution in [0.15, 0.2) is 24.4 Å². The van der Waals surface area contributed by atoms with Crippen molar-refractivity contribution in [2.24, 2.45) is 0 Å². The summed E-state index contributed by atoms with van der Waals surface area (Å²) in [5, 5.41) is 0.916. The van der Waals surface area contributed by atoms with Gasteiger partial charge in [-0.25, -0.2) is 23.4 Å². The molecule has 43 heavy (non-hydrogen) atoms. The maximum absolute atomic E-state index is 14.5. The van der Waals surface area contributed by atoms with Crippen LogP contribution in [0.4, 0.5) is 5.82 Å². The van der Waals surface area contributed by atoms with Crippen LogP contribution in [0, 0.1) is 6.92 Å². The van der Waals surface area contributed by atoms with Gasteiger partial charge in [0.05, 0.1) is 11.4 Å². The van der Waals surface area contributed by atoms with Crippen molar-refractivity contribution in [2.45, 2.75) is 85.5 Å². The van der Waals surface area contributed by atoms with Crippen LogP contribution in [-0.4, -0.2) is 61.8 Å². The molecule has 0 aliphatic carbocycles. The lowest BCUT2D eigenvalue weighted by Gasteiger charge is -2.42. The van der Waals surface area contributed by atoms with Crippen molar-refractivity contribution < 1.29 is 17.6 Å². The predicted molar refractivity (Wildman–Crippen MR) is 178 cm³/mol. The highest BCUT2D eigenvalue weighted by molar-refractivity contribution is 7.92. The molecule has 0 N–H and O–H groups in total. The van der Waals surface area contributed by atoms with Crippen LogP contribution in [0.5, 0.6) is 5.75 Å². The number of pyridine rings is 1. The minimum absolute atomic E-state index is 0.00523. The summed E-state index contributed by atoms with van der Waals surface area (Å²) in [5.74, 6) is -0.323. The molecular formula is C30H43Cl2N5O4SSi. The number of aromatic nitrogens is 3. The van der Waals surface area contributed by atoms with Crippen molar-refractivity contribution in [1.82, 2.24) is 19.9 Å². The highest BCUT2D eigenvalue weighted by Crippen LogP contribution is 2.45. The SMILES string of the molecule is CCN(Cc1cc(Cl)cc(Cl)c1)C(=O)c1nc(N(C)S(=O)(=O)CC)c2ncc(C)nc2c1O[Si](C(C)C)(C(C)C)C(C)C. The molecule has 1 aromatic carbocycles. The first kappa shape index (κ1) is 35.0. The van der Waals surface area contributed by atoms with Crippen molar-refractivity contribution in [1.29, 1.82) is 0 Å². The molecule has 0 fully saturated rings. The van der Waals surface area contributed by atoms with Gasteiger partial charge in [-0.1, -0.05) is 64.7 Å². The number of hydrogen-bond donors (Lipinski definition) is 0. The topological polar surface area (TPSA) is 106 Å². The largest absolute Gasteiger partial charge is 0.540 e. The lowest BCUT2D eigenvalue weighted by atomic mass is 10.2. The Balaban J connectivity index is 2.42. The van der Waals surface area contributed by atoms with E-state index >= 15 is 0 Å². The van der Waals surface area contributed by atoms with E-state index in [0.717, 1.165) is 9.87 Å². The average Bonchev–Trinajstić information content (AvgIpc) is 2.92. The molecular weight excluding hydrogens is 625 g/mol. The molecule has 0 unspecified atom stereocenters. The normalized spacial score (nSPS) is 12.4. The Morgan fingerprint density at radius 1 is 0.953 bits per heavy atom. The quantitative estimate of drug-likeness (QED) is 0.183. The van der Waals surface area contributed by atoms with Gasteiger partial charge < -0.3 is 9.33 Å². The number of rotatable bonds is 12. The zero-order chi connectivity index (χ0) is 32.4. The molecule has 0 saturated carbocycles. The van der Waals surface area contributed by atoms with Crippen LogP contribution in [0.1, 0.15) is 77.1 Å². The molecule has 0 atom stereocenters. The number of carbonyl (C=O) groups excluding carboxylic acids is 1. The van der Waals surface area contributed by atoms with E-state index in [1.165, 1.54) is 7.05 Å². The lowest BCUT2D eigenvalue weighted by Crippen LogP contribution is -2.51. The minimum atomic E-state index is -3.75. The molecule has 0 aliphatic heterocycles. The zero-order valence-corrected chi connectivity index (χ0v) is 30.0. The lowest BCUT2D eigenvalue weighted by molar-refractivity contribution is 0.0744. The van der Waals surface area contributed by atoms with E-state index in [1.807, 2.05) is 6.92 Å². The molecule has 0 bridgehead atoms. The summed E-state index contributed by atoms with van der Waals surface area (Å²) in [6.45, 7) is 18.6. The molecule has 236 valence electrons. The molecule has 1 amide bonds. The van der Waals surface area contributed by atoms with Crippen LogP contribution in [-0.2, 0) is 16.6 Å². The first-order chi connectivity index (χ1) is 20.0. The van der Waals surface area contributed by atoms with Crippen LogP contribution in [0.2, 0.25) is 26.7 Å². The summed E-state index contributed by atoms with van der Waals surface area (Å²) in [7, 11) is -4.98. The first-order valence-electron chi connectivity index (χ1n) is 14.6. The zero-order valence-electron chi connectivity index (χ0n) is 26.7. The van der Waals surface area contributed by atoms with Crippen molar-refractivity contribution in [3.8, 4) is 5.75 Å². The van der Waals surface area contributed by atoms with Crippen molar-refractivity contribution in [2.75, 3.05) is 23.7 Å². The molecule has 0 radical (unpaired) electrons. The van der Waals surface area contributed by atoms with Crippen LogP contribution >= 0.6 is 23.2 Å². The summed E-state index contributed by atoms with van der Waals surface area (Å²) in [5.41, 5.74) is 2.45. The Bertz CT molecular complexity index is 1560. The van der Waals surface area contributed by atoms with Crippen LogP contribution < -0.4 is 8.73 Å². The second-order valence-electron chi connectivity index (χ2n) is 11.7. The molecule has 3 aromatic rings. The van der Waals surface area contributed by atoms with Gasteiger partial charge in [-0.15, -0.1) is 0 Å². The molecule has 13 heteroatoms. The molecule has 0 aliphatic rings. The monoisotopic (exact) mass is 667 g/mol. The fraction of sp³-hybridized carbons (Fsp3) is 0.533. The number of halogens is 2. The van der Waals surface area contributed by atoms with E-state index in [-0.39, 0.29) is 51.7 Å². The van der Waals surface area contributed by atoms with Crippen LogP contribution in [0.25, 0.3) is 11.0 Å². The molecule has 2 aromatic heterocycles. The van der Waals surface area contributed by atoms with Gasteiger partial charge in [0.2, 0.25) is 10.0 Å². The Morgan fingerprint density at radius 3 is 2.00 bits per heavy atom. The van der Waals surface area contributed by atoms with Gasteiger partial charge >= 0.3 is 0 Å². The van der Waals surface area contributed by atoms with Crippen molar-refractivity contribution in [3.05, 3.63) is 51.4 Å². The summed E-state index contributed by atoms with van der Waals surface area (Å²) in [6.07, 6.45) is 1.56. The maximum Gasteiger partial charge on any atom is 0.276 e. The van der Waals surface area contributed by atoms with Gasteiger partial charge in [0.25, 0.3) is 14.2 Å². The highest BCUT2D eigenvalue weighted by Gasteiger charge is 2.48. The second kappa shape index (κ2) is 13.7. The Labute approximate surface area is 267 Å². The summed E-state index contributed by atoms with van der Waals surface area (Å²) in [4.78, 5) is 30.2. The minimum Gasteiger partial charge on any atom is -0.540 e. The Kier molecular flexibility index (Phi) is 11.1. The number of sulfonamides is 1. The highest BCUT2D eigenvalue weighted by atomic mass is 35.5. The van der Waals surface area contributed by atoms with Gasteiger partial charge in [0.1, 0.15) is 11.0 Å². The standard InChI is InChI=1S/C30H43Cl2N5O4SSi/c1-11-37(17-22-13-23(31)15-24(32)14-22)30(38)27-28(41-43(18(3)4,19(5)6)20(7)8)25-26(33-16-21(9)34-25)29(35-27)36(10)42(39,40)12-2/h13-16,18-20H,11-12,17H2,1-10H3. The summed E-state index contributed by atoms with van der Waals surface area (Å²) >= 11 is 12.5. The van der Waals surface area contributed by atoms with Gasteiger partial charge in [-0.2, -0.15) is 0 Å². The Hall–Kier alpha value is -2.47. The number of carbonyl (C=O) groups is 1.